The van der Waals surface area contributed by atoms with E-state index in [1.54, 1.807) is 0 Å². The Labute approximate surface area is 112 Å². The summed E-state index contributed by atoms with van der Waals surface area (Å²) in [7, 11) is 0. The molecule has 0 aliphatic carbocycles. The maximum Gasteiger partial charge on any atom is 0.249 e. The molecule has 0 spiro atoms. The number of benzene rings is 1. The van der Waals surface area contributed by atoms with Gasteiger partial charge in [-0.2, -0.15) is 0 Å². The van der Waals surface area contributed by atoms with E-state index >= 15 is 0 Å². The van der Waals surface area contributed by atoms with Crippen LogP contribution in [0.3, 0.4) is 0 Å². The van der Waals surface area contributed by atoms with Gasteiger partial charge in [-0.15, -0.1) is 10.2 Å². The Morgan fingerprint density at radius 2 is 2.18 bits per heavy atom. The van der Waals surface area contributed by atoms with Crippen LogP contribution in [0, 0.1) is 0 Å². The first-order valence-electron chi connectivity index (χ1n) is 5.19. The first-order valence-corrected chi connectivity index (χ1v) is 6.36. The Balaban J connectivity index is 2.27. The van der Waals surface area contributed by atoms with Crippen LogP contribution in [-0.4, -0.2) is 16.7 Å². The number of hydrogen-bond donors (Lipinski definition) is 1. The second kappa shape index (κ2) is 5.62. The van der Waals surface area contributed by atoms with E-state index in [1.165, 1.54) is 0 Å². The summed E-state index contributed by atoms with van der Waals surface area (Å²) in [6.07, 6.45) is 1.52. The molecule has 1 heterocycles. The van der Waals surface area contributed by atoms with Gasteiger partial charge >= 0.3 is 0 Å². The normalized spacial score (nSPS) is 10.8. The molecule has 2 rings (SSSR count). The largest absolute Gasteiger partial charge is 0.421 e. The fourth-order valence-electron chi connectivity index (χ4n) is 1.39. The number of rotatable bonds is 4. The minimum atomic E-state index is 0.434. The van der Waals surface area contributed by atoms with E-state index in [9.17, 15) is 0 Å². The summed E-state index contributed by atoms with van der Waals surface area (Å²) in [5, 5.41) is 8.50. The minimum absolute atomic E-state index is 0.434. The van der Waals surface area contributed by atoms with Crippen LogP contribution in [-0.2, 0) is 6.42 Å². The van der Waals surface area contributed by atoms with Gasteiger partial charge in [0.15, 0.2) is 0 Å². The molecule has 1 aromatic heterocycles. The number of aromatic nitrogens is 2. The van der Waals surface area contributed by atoms with Crippen LogP contribution in [0.2, 0.25) is 5.02 Å². The molecule has 0 radical (unpaired) electrons. The SMILES string of the molecule is NCCCc1nnc(-c2cccc(Br)c2Cl)o1. The van der Waals surface area contributed by atoms with Crippen molar-refractivity contribution in [1.82, 2.24) is 10.2 Å². The predicted molar refractivity (Wildman–Crippen MR) is 69.8 cm³/mol. The van der Waals surface area contributed by atoms with Crippen molar-refractivity contribution in [3.05, 3.63) is 33.6 Å². The van der Waals surface area contributed by atoms with Crippen molar-refractivity contribution in [2.75, 3.05) is 6.54 Å². The topological polar surface area (TPSA) is 64.9 Å². The van der Waals surface area contributed by atoms with E-state index in [-0.39, 0.29) is 0 Å². The number of halogens is 2. The predicted octanol–water partition coefficient (Wildman–Crippen LogP) is 3.04. The molecule has 2 aromatic rings. The van der Waals surface area contributed by atoms with Gasteiger partial charge in [-0.05, 0) is 41.0 Å². The summed E-state index contributed by atoms with van der Waals surface area (Å²) in [6.45, 7) is 0.607. The lowest BCUT2D eigenvalue weighted by molar-refractivity contribution is 0.499. The number of aryl methyl sites for hydroxylation is 1. The molecule has 2 N–H and O–H groups in total. The Morgan fingerprint density at radius 3 is 2.94 bits per heavy atom. The van der Waals surface area contributed by atoms with Crippen molar-refractivity contribution in [2.45, 2.75) is 12.8 Å². The molecule has 0 aliphatic heterocycles. The van der Waals surface area contributed by atoms with Gasteiger partial charge in [0, 0.05) is 10.9 Å². The van der Waals surface area contributed by atoms with Crippen molar-refractivity contribution in [3.63, 3.8) is 0 Å². The van der Waals surface area contributed by atoms with Crippen LogP contribution in [0.1, 0.15) is 12.3 Å². The Bertz CT molecular complexity index is 515. The highest BCUT2D eigenvalue weighted by Gasteiger charge is 2.13. The third-order valence-corrected chi connectivity index (χ3v) is 3.54. The van der Waals surface area contributed by atoms with Crippen molar-refractivity contribution in [1.29, 1.82) is 0 Å². The van der Waals surface area contributed by atoms with Crippen LogP contribution in [0.4, 0.5) is 0 Å². The molecule has 0 aliphatic rings. The summed E-state index contributed by atoms with van der Waals surface area (Å²) in [5.41, 5.74) is 6.15. The average molecular weight is 317 g/mol. The van der Waals surface area contributed by atoms with E-state index in [0.29, 0.717) is 29.8 Å². The molecular weight excluding hydrogens is 305 g/mol. The summed E-state index contributed by atoms with van der Waals surface area (Å²) in [4.78, 5) is 0. The first kappa shape index (κ1) is 12.5. The molecule has 1 aromatic carbocycles. The van der Waals surface area contributed by atoms with Crippen LogP contribution < -0.4 is 5.73 Å². The molecule has 0 bridgehead atoms. The molecule has 17 heavy (non-hydrogen) atoms. The van der Waals surface area contributed by atoms with Crippen molar-refractivity contribution < 1.29 is 4.42 Å². The zero-order chi connectivity index (χ0) is 12.3. The van der Waals surface area contributed by atoms with E-state index in [0.717, 1.165) is 16.5 Å². The maximum absolute atomic E-state index is 6.15. The van der Waals surface area contributed by atoms with E-state index < -0.39 is 0 Å². The molecule has 0 unspecified atom stereocenters. The van der Waals surface area contributed by atoms with Gasteiger partial charge in [0.05, 0.1) is 10.6 Å². The summed E-state index contributed by atoms with van der Waals surface area (Å²) in [6, 6.07) is 5.57. The Morgan fingerprint density at radius 1 is 1.35 bits per heavy atom. The summed E-state index contributed by atoms with van der Waals surface area (Å²) >= 11 is 9.50. The van der Waals surface area contributed by atoms with Crippen molar-refractivity contribution in [2.24, 2.45) is 5.73 Å². The van der Waals surface area contributed by atoms with Crippen LogP contribution in [0.25, 0.3) is 11.5 Å². The maximum atomic E-state index is 6.15. The zero-order valence-corrected chi connectivity index (χ0v) is 11.3. The second-order valence-corrected chi connectivity index (χ2v) is 4.73. The smallest absolute Gasteiger partial charge is 0.249 e. The highest BCUT2D eigenvalue weighted by atomic mass is 79.9. The van der Waals surface area contributed by atoms with Crippen molar-refractivity contribution >= 4 is 27.5 Å². The number of nitrogens with two attached hydrogens (primary N) is 1. The first-order chi connectivity index (χ1) is 8.22. The highest BCUT2D eigenvalue weighted by molar-refractivity contribution is 9.10. The van der Waals surface area contributed by atoms with E-state index in [1.807, 2.05) is 18.2 Å². The molecule has 4 nitrogen and oxygen atoms in total. The summed E-state index contributed by atoms with van der Waals surface area (Å²) in [5.74, 6) is 1.02. The molecule has 0 amide bonds. The third kappa shape index (κ3) is 2.86. The molecule has 0 atom stereocenters. The van der Waals surface area contributed by atoms with Gasteiger partial charge in [0.25, 0.3) is 0 Å². The lowest BCUT2D eigenvalue weighted by Crippen LogP contribution is -2.00. The number of hydrogen-bond acceptors (Lipinski definition) is 4. The third-order valence-electron chi connectivity index (χ3n) is 2.24. The van der Waals surface area contributed by atoms with Crippen LogP contribution in [0.15, 0.2) is 27.1 Å². The van der Waals surface area contributed by atoms with Crippen molar-refractivity contribution in [3.8, 4) is 11.5 Å². The quantitative estimate of drug-likeness (QED) is 0.941. The molecular formula is C11H11BrClN3O. The van der Waals surface area contributed by atoms with E-state index in [2.05, 4.69) is 26.1 Å². The highest BCUT2D eigenvalue weighted by Crippen LogP contribution is 2.32. The minimum Gasteiger partial charge on any atom is -0.421 e. The molecule has 90 valence electrons. The van der Waals surface area contributed by atoms with Crippen LogP contribution in [0.5, 0.6) is 0 Å². The summed E-state index contributed by atoms with van der Waals surface area (Å²) < 4.78 is 6.33. The fraction of sp³-hybridized carbons (Fsp3) is 0.273. The lowest BCUT2D eigenvalue weighted by atomic mass is 10.2. The van der Waals surface area contributed by atoms with E-state index in [4.69, 9.17) is 21.8 Å². The number of nitrogens with zero attached hydrogens (tertiary/aromatic N) is 2. The van der Waals surface area contributed by atoms with Crippen LogP contribution >= 0.6 is 27.5 Å². The van der Waals surface area contributed by atoms with Gasteiger partial charge in [0.2, 0.25) is 11.8 Å². The molecule has 0 saturated heterocycles. The van der Waals surface area contributed by atoms with Gasteiger partial charge in [-0.3, -0.25) is 0 Å². The van der Waals surface area contributed by atoms with Gasteiger partial charge in [0.1, 0.15) is 0 Å². The second-order valence-electron chi connectivity index (χ2n) is 3.49. The monoisotopic (exact) mass is 315 g/mol. The standard InChI is InChI=1S/C11H11BrClN3O/c12-8-4-1-3-7(10(8)13)11-16-15-9(17-11)5-2-6-14/h1,3-4H,2,5-6,14H2. The van der Waals surface area contributed by atoms with Gasteiger partial charge in [-0.1, -0.05) is 17.7 Å². The molecule has 0 fully saturated rings. The Hall–Kier alpha value is -0.910. The lowest BCUT2D eigenvalue weighted by Gasteiger charge is -2.00. The van der Waals surface area contributed by atoms with Gasteiger partial charge < -0.3 is 10.2 Å². The zero-order valence-electron chi connectivity index (χ0n) is 8.99. The average Bonchev–Trinajstić information content (AvgIpc) is 2.78. The van der Waals surface area contributed by atoms with Gasteiger partial charge in [-0.25, -0.2) is 0 Å². The Kier molecular flexibility index (Phi) is 4.15. The fourth-order valence-corrected chi connectivity index (χ4v) is 1.96. The molecule has 0 saturated carbocycles. The molecule has 6 heteroatoms.